The van der Waals surface area contributed by atoms with Gasteiger partial charge in [0, 0.05) is 6.42 Å². The Morgan fingerprint density at radius 3 is 2.86 bits per heavy atom. The molecule has 0 amide bonds. The Bertz CT molecular complexity index is 88.1. The molecule has 0 aliphatic carbocycles. The van der Waals surface area contributed by atoms with Gasteiger partial charge in [0.1, 0.15) is 6.54 Å². The first-order valence-corrected chi connectivity index (χ1v) is 2.60. The molecular formula is C5H10NO+. The van der Waals surface area contributed by atoms with Gasteiger partial charge in [-0.15, -0.1) is 0 Å². The third-order valence-corrected chi connectivity index (χ3v) is 1.01. The van der Waals surface area contributed by atoms with Crippen LogP contribution in [0, 0.1) is 0 Å². The van der Waals surface area contributed by atoms with Crippen LogP contribution in [0.2, 0.25) is 0 Å². The molecule has 0 atom stereocenters. The highest BCUT2D eigenvalue weighted by molar-refractivity contribution is 5.66. The van der Waals surface area contributed by atoms with Crippen molar-refractivity contribution in [3.63, 3.8) is 0 Å². The zero-order chi connectivity index (χ0) is 5.11. The summed E-state index contributed by atoms with van der Waals surface area (Å²) in [5.74, 6) is 0.964. The summed E-state index contributed by atoms with van der Waals surface area (Å²) in [6.07, 6.45) is 1.14. The quantitative estimate of drug-likeness (QED) is 0.410. The van der Waals surface area contributed by atoms with E-state index < -0.39 is 0 Å². The van der Waals surface area contributed by atoms with Crippen molar-refractivity contribution in [3.05, 3.63) is 0 Å². The van der Waals surface area contributed by atoms with Crippen LogP contribution >= 0.6 is 0 Å². The van der Waals surface area contributed by atoms with Gasteiger partial charge in [0.05, 0.1) is 13.5 Å². The molecule has 2 heteroatoms. The average molecular weight is 100 g/mol. The summed E-state index contributed by atoms with van der Waals surface area (Å²) in [6.45, 7) is 3.91. The minimum absolute atomic E-state index is 0.888. The van der Waals surface area contributed by atoms with Gasteiger partial charge in [0.25, 0.3) is 0 Å². The van der Waals surface area contributed by atoms with Gasteiger partial charge in [-0.3, -0.25) is 0 Å². The topological polar surface area (TPSA) is 23.2 Å². The minimum Gasteiger partial charge on any atom is -0.448 e. The Kier molecular flexibility index (Phi) is 1.29. The molecule has 0 saturated heterocycles. The van der Waals surface area contributed by atoms with E-state index in [-0.39, 0.29) is 0 Å². The van der Waals surface area contributed by atoms with Gasteiger partial charge in [0.2, 0.25) is 0 Å². The highest BCUT2D eigenvalue weighted by Gasteiger charge is 2.03. The molecule has 2 nitrogen and oxygen atoms in total. The van der Waals surface area contributed by atoms with Crippen LogP contribution in [0.15, 0.2) is 0 Å². The molecule has 40 valence electrons. The molecule has 1 aliphatic heterocycles. The summed E-state index contributed by atoms with van der Waals surface area (Å²) in [5, 5.41) is 0. The van der Waals surface area contributed by atoms with Crippen LogP contribution in [-0.4, -0.2) is 19.0 Å². The van der Waals surface area contributed by atoms with E-state index >= 15 is 0 Å². The smallest absolute Gasteiger partial charge is 0.331 e. The fraction of sp³-hybridized carbons (Fsp3) is 0.800. The van der Waals surface area contributed by atoms with E-state index in [1.165, 1.54) is 0 Å². The second-order valence-corrected chi connectivity index (χ2v) is 1.68. The Labute approximate surface area is 43.2 Å². The van der Waals surface area contributed by atoms with Crippen LogP contribution in [0.5, 0.6) is 0 Å². The highest BCUT2D eigenvalue weighted by atomic mass is 16.5. The first-order valence-electron chi connectivity index (χ1n) is 2.60. The molecule has 0 spiro atoms. The molecule has 1 aliphatic rings. The van der Waals surface area contributed by atoms with Gasteiger partial charge in [-0.1, -0.05) is 0 Å². The molecule has 0 radical (unpaired) electrons. The lowest BCUT2D eigenvalue weighted by atomic mass is 10.4. The molecule has 1 N–H and O–H groups in total. The van der Waals surface area contributed by atoms with Crippen molar-refractivity contribution in [2.45, 2.75) is 13.3 Å². The van der Waals surface area contributed by atoms with Crippen molar-refractivity contribution in [1.29, 1.82) is 0 Å². The minimum atomic E-state index is 0.888. The Hall–Kier alpha value is -0.530. The van der Waals surface area contributed by atoms with E-state index in [1.807, 2.05) is 6.92 Å². The lowest BCUT2D eigenvalue weighted by Crippen LogP contribution is -2.75. The number of nitrogens with one attached hydrogen (secondary N) is 1. The first kappa shape index (κ1) is 4.62. The van der Waals surface area contributed by atoms with E-state index in [0.717, 1.165) is 25.5 Å². The van der Waals surface area contributed by atoms with Crippen molar-refractivity contribution in [2.75, 3.05) is 13.2 Å². The molecule has 0 unspecified atom stereocenters. The summed E-state index contributed by atoms with van der Waals surface area (Å²) >= 11 is 0. The van der Waals surface area contributed by atoms with Gasteiger partial charge in [-0.25, -0.2) is 4.99 Å². The van der Waals surface area contributed by atoms with Crippen molar-refractivity contribution in [3.8, 4) is 0 Å². The van der Waals surface area contributed by atoms with Crippen molar-refractivity contribution in [2.24, 2.45) is 0 Å². The summed E-state index contributed by atoms with van der Waals surface area (Å²) < 4.78 is 5.08. The fourth-order valence-electron chi connectivity index (χ4n) is 0.613. The normalized spacial score (nSPS) is 20.4. The maximum absolute atomic E-state index is 5.08. The van der Waals surface area contributed by atoms with E-state index in [1.54, 1.807) is 0 Å². The second-order valence-electron chi connectivity index (χ2n) is 1.68. The molecule has 1 rings (SSSR count). The predicted octanol–water partition coefficient (Wildman–Crippen LogP) is -1.09. The largest absolute Gasteiger partial charge is 0.448 e. The van der Waals surface area contributed by atoms with Gasteiger partial charge in [0.15, 0.2) is 0 Å². The number of rotatable bonds is 0. The maximum Gasteiger partial charge on any atom is 0.331 e. The molecule has 0 aromatic carbocycles. The van der Waals surface area contributed by atoms with Crippen LogP contribution in [0.25, 0.3) is 0 Å². The standard InChI is InChI=1S/C5H9NO/c1-5-6-3-2-4-7-5/h2-4H2,1H3/p+1. The Morgan fingerprint density at radius 2 is 2.57 bits per heavy atom. The van der Waals surface area contributed by atoms with Crippen LogP contribution in [-0.2, 0) is 4.74 Å². The zero-order valence-corrected chi connectivity index (χ0v) is 4.53. The number of hydrogen-bond donors (Lipinski definition) is 1. The SMILES string of the molecule is CC1=[NH+]CCCO1. The molecule has 0 aromatic rings. The van der Waals surface area contributed by atoms with Crippen LogP contribution in [0.3, 0.4) is 0 Å². The fourth-order valence-corrected chi connectivity index (χ4v) is 0.613. The van der Waals surface area contributed by atoms with E-state index in [9.17, 15) is 0 Å². The van der Waals surface area contributed by atoms with Crippen molar-refractivity contribution < 1.29 is 9.73 Å². The summed E-state index contributed by atoms with van der Waals surface area (Å²) in [5.41, 5.74) is 0. The molecule has 0 aromatic heterocycles. The molecule has 1 heterocycles. The number of ether oxygens (including phenoxy) is 1. The molecule has 0 saturated carbocycles. The molecule has 0 fully saturated rings. The predicted molar refractivity (Wildman–Crippen MR) is 27.1 cm³/mol. The van der Waals surface area contributed by atoms with Crippen molar-refractivity contribution >= 4 is 5.90 Å². The van der Waals surface area contributed by atoms with Gasteiger partial charge in [-0.2, -0.15) is 0 Å². The lowest BCUT2D eigenvalue weighted by Gasteiger charge is -2.02. The Balaban J connectivity index is 2.40. The second kappa shape index (κ2) is 1.96. The first-order chi connectivity index (χ1) is 3.39. The lowest BCUT2D eigenvalue weighted by molar-refractivity contribution is -0.478. The van der Waals surface area contributed by atoms with E-state index in [0.29, 0.717) is 0 Å². The van der Waals surface area contributed by atoms with Crippen LogP contribution in [0.4, 0.5) is 0 Å². The van der Waals surface area contributed by atoms with Gasteiger partial charge < -0.3 is 4.74 Å². The van der Waals surface area contributed by atoms with Gasteiger partial charge in [-0.05, 0) is 0 Å². The van der Waals surface area contributed by atoms with Crippen LogP contribution < -0.4 is 4.99 Å². The van der Waals surface area contributed by atoms with E-state index in [2.05, 4.69) is 4.99 Å². The summed E-state index contributed by atoms with van der Waals surface area (Å²) in [6, 6.07) is 0. The monoisotopic (exact) mass is 100 g/mol. The molecule has 7 heavy (non-hydrogen) atoms. The average Bonchev–Trinajstić information content (AvgIpc) is 1.69. The summed E-state index contributed by atoms with van der Waals surface area (Å²) in [4.78, 5) is 3.08. The highest BCUT2D eigenvalue weighted by Crippen LogP contribution is 1.80. The summed E-state index contributed by atoms with van der Waals surface area (Å²) in [7, 11) is 0. The third-order valence-electron chi connectivity index (χ3n) is 1.01. The number of hydrogen-bond acceptors (Lipinski definition) is 1. The maximum atomic E-state index is 5.08. The molecular weight excluding hydrogens is 90.1 g/mol. The van der Waals surface area contributed by atoms with E-state index in [4.69, 9.17) is 4.74 Å². The Morgan fingerprint density at radius 1 is 1.71 bits per heavy atom. The van der Waals surface area contributed by atoms with Crippen molar-refractivity contribution in [1.82, 2.24) is 0 Å². The molecule has 0 bridgehead atoms. The zero-order valence-electron chi connectivity index (χ0n) is 4.53. The third kappa shape index (κ3) is 1.18. The van der Waals surface area contributed by atoms with Crippen LogP contribution in [0.1, 0.15) is 13.3 Å². The van der Waals surface area contributed by atoms with Gasteiger partial charge >= 0.3 is 5.90 Å².